The maximum atomic E-state index is 16.3. The van der Waals surface area contributed by atoms with Crippen molar-refractivity contribution in [3.63, 3.8) is 0 Å². The van der Waals surface area contributed by atoms with Crippen LogP contribution in [0.15, 0.2) is 117 Å². The first-order valence-corrected chi connectivity index (χ1v) is 30.6. The monoisotopic (exact) mass is 1230 g/mol. The van der Waals surface area contributed by atoms with Crippen molar-refractivity contribution in [1.82, 2.24) is 28.4 Å². The summed E-state index contributed by atoms with van der Waals surface area (Å²) in [7, 11) is -7.47. The highest BCUT2D eigenvalue weighted by Gasteiger charge is 2.58. The van der Waals surface area contributed by atoms with Crippen molar-refractivity contribution < 1.29 is 84.0 Å². The van der Waals surface area contributed by atoms with Crippen LogP contribution in [-0.2, 0) is 51.5 Å². The summed E-state index contributed by atoms with van der Waals surface area (Å²) < 4.78 is 112. The van der Waals surface area contributed by atoms with Gasteiger partial charge < -0.3 is 37.8 Å². The Morgan fingerprint density at radius 3 is 1.56 bits per heavy atom. The number of hydrogen-bond donors (Lipinski definition) is 3. The van der Waals surface area contributed by atoms with Crippen LogP contribution in [0.25, 0.3) is 0 Å². The van der Waals surface area contributed by atoms with Crippen molar-refractivity contribution in [1.29, 1.82) is 0 Å². The Morgan fingerprint density at radius 1 is 0.588 bits per heavy atom. The fraction of sp³-hybridized carbons (Fsp3) is 0.527. The summed E-state index contributed by atoms with van der Waals surface area (Å²) in [5, 5.41) is 15.9. The summed E-state index contributed by atoms with van der Waals surface area (Å²) in [6, 6.07) is 15.7. The van der Waals surface area contributed by atoms with Gasteiger partial charge in [0.15, 0.2) is 23.8 Å². The van der Waals surface area contributed by atoms with Crippen molar-refractivity contribution in [3.05, 3.63) is 139 Å². The maximum absolute atomic E-state index is 16.3. The van der Waals surface area contributed by atoms with Crippen LogP contribution >= 0.6 is 15.5 Å². The summed E-state index contributed by atoms with van der Waals surface area (Å²) >= 11 is 0. The van der Waals surface area contributed by atoms with Gasteiger partial charge in [0.1, 0.15) is 48.0 Å². The molecular weight excluding hydrogens is 1160 g/mol. The molecule has 8 bridgehead atoms. The molecule has 4 aromatic rings. The lowest BCUT2D eigenvalue weighted by Gasteiger charge is -2.27. The first-order chi connectivity index (χ1) is 40.4. The quantitative estimate of drug-likeness (QED) is 0.120. The number of nitrogens with zero attached hydrogens (tertiary/aromatic N) is 4. The molecule has 0 aliphatic carbocycles. The van der Waals surface area contributed by atoms with Gasteiger partial charge >= 0.3 is 38.8 Å². The number of rotatable bonds is 5. The molecule has 0 amide bonds. The number of halogens is 2. The minimum Gasteiger partial charge on any atom is -0.465 e. The number of aliphatic hydroxyl groups is 1. The van der Waals surface area contributed by atoms with E-state index in [-0.39, 0.29) is 44.0 Å². The highest BCUT2D eigenvalue weighted by atomic mass is 31.2. The molecule has 8 rings (SSSR count). The molecule has 2 saturated heterocycles. The second-order valence-corrected chi connectivity index (χ2v) is 24.1. The number of alkyl halides is 2. The number of aromatic nitrogens is 4. The Bertz CT molecular complexity index is 3360. The van der Waals surface area contributed by atoms with Crippen LogP contribution in [0.5, 0.6) is 11.5 Å². The molecule has 2 aromatic carbocycles. The Kier molecular flexibility index (Phi) is 22.7. The second kappa shape index (κ2) is 29.2. The Balaban J connectivity index is 0.000000244. The lowest BCUT2D eigenvalue weighted by molar-refractivity contribution is -0.146. The zero-order chi connectivity index (χ0) is 61.7. The van der Waals surface area contributed by atoms with E-state index in [9.17, 15) is 52.6 Å². The third-order valence-corrected chi connectivity index (χ3v) is 17.4. The lowest BCUT2D eigenvalue weighted by atomic mass is 9.98. The number of hydrogen-bond acceptors (Lipinski definition) is 20. The number of methoxy groups -OCH3 is 1. The third-order valence-electron chi connectivity index (χ3n) is 14.1. The van der Waals surface area contributed by atoms with Gasteiger partial charge in [-0.3, -0.25) is 46.9 Å². The average Bonchev–Trinajstić information content (AvgIpc) is 1.74. The number of benzene rings is 2. The number of carbonyl (C=O) groups excluding carboxylic acids is 4. The van der Waals surface area contributed by atoms with Crippen LogP contribution in [0.2, 0.25) is 0 Å². The topological polar surface area (TPSA) is 318 Å². The standard InChI is InChI=1S/C28H35FN3O10P.C27H35FN3O10P/c1-19-25(35)39-17-11-6-4-5-10-14-22(33)32-23(34)15-16-31(27(32)36)26-28(2,29)24(38-3)21(41-26)18-40-43(37,30-19)42-20-12-8-7-9-13-20;1-18-24(35)38-16-10-5-3-4-9-13-21(32)31-22(33)14-15-30(26(31)36)25-27(2,28)23(34)20(40-25)17-39-42(37,29-18)41-19-11-7-6-8-12-19/h4-5,7-9,12-13,15-16,19,21,24,26H,6,10-11,14,17-18H2,1-3H3,(H,30,37);6-8,11-12,14-15,18,20,23,25,34H,3-5,9-10,13,16-17H2,1-2H3,(H,29,37)/t19-,21?,24+,26?,28+,43-;18-,20?,23+,25?,27+,42-/m00/s1. The third kappa shape index (κ3) is 16.5. The van der Waals surface area contributed by atoms with Gasteiger partial charge in [0, 0.05) is 44.5 Å². The van der Waals surface area contributed by atoms with Crippen LogP contribution in [-0.4, -0.2) is 129 Å². The summed E-state index contributed by atoms with van der Waals surface area (Å²) in [4.78, 5) is 102. The molecule has 0 saturated carbocycles. The Morgan fingerprint density at radius 2 is 1.04 bits per heavy atom. The average molecular weight is 1240 g/mol. The molecule has 6 heterocycles. The van der Waals surface area contributed by atoms with E-state index < -0.39 is 135 Å². The molecule has 26 nitrogen and oxygen atoms in total. The molecule has 12 atom stereocenters. The number of allylic oxidation sites excluding steroid dienone is 2. The predicted octanol–water partition coefficient (Wildman–Crippen LogP) is 5.86. The number of para-hydroxylation sites is 2. The summed E-state index contributed by atoms with van der Waals surface area (Å²) in [6.07, 6.45) is 0.0876. The van der Waals surface area contributed by atoms with Crippen LogP contribution in [0, 0.1) is 0 Å². The molecule has 85 heavy (non-hydrogen) atoms. The van der Waals surface area contributed by atoms with Crippen molar-refractivity contribution in [3.8, 4) is 11.5 Å². The van der Waals surface area contributed by atoms with Gasteiger partial charge in [-0.25, -0.2) is 27.5 Å². The van der Waals surface area contributed by atoms with Gasteiger partial charge in [0.2, 0.25) is 11.8 Å². The summed E-state index contributed by atoms with van der Waals surface area (Å²) in [5.41, 5.74) is -8.93. The SMILES string of the molecule is CO[C@@H]1C2CO[P@](=O)(Oc3ccccc3)N[C@@H](C)C(=O)OCCCC=CCCC(=O)n3c(=O)ccn(c3=O)C(O2)[C@]1(C)F.C[C@@H]1N[P@@](=O)(Oc2ccccc2)OCC2OC(n3ccc(=O)n(c3=O)C(=O)CCCCCCCOC1=O)[C@](C)(F)[C@@H]2O. The van der Waals surface area contributed by atoms with E-state index in [1.54, 1.807) is 48.6 Å². The highest BCUT2D eigenvalue weighted by molar-refractivity contribution is 7.52. The Labute approximate surface area is 486 Å². The molecule has 4 aliphatic heterocycles. The summed E-state index contributed by atoms with van der Waals surface area (Å²) in [6.45, 7) is 3.88. The highest BCUT2D eigenvalue weighted by Crippen LogP contribution is 2.49. The fourth-order valence-corrected chi connectivity index (χ4v) is 12.6. The number of cyclic esters (lactones) is 2. The lowest BCUT2D eigenvalue weighted by Crippen LogP contribution is -2.48. The molecule has 4 aliphatic rings. The van der Waals surface area contributed by atoms with E-state index in [2.05, 4.69) is 10.2 Å². The van der Waals surface area contributed by atoms with E-state index in [0.717, 1.165) is 47.5 Å². The van der Waals surface area contributed by atoms with Crippen molar-refractivity contribution >= 4 is 39.2 Å². The molecule has 4 unspecified atom stereocenters. The number of ether oxygens (including phenoxy) is 5. The van der Waals surface area contributed by atoms with Gasteiger partial charge in [-0.1, -0.05) is 67.8 Å². The number of fused-ring (bicyclic) bond motifs is 10. The van der Waals surface area contributed by atoms with Gasteiger partial charge in [-0.2, -0.15) is 19.3 Å². The van der Waals surface area contributed by atoms with E-state index >= 15 is 8.78 Å². The van der Waals surface area contributed by atoms with E-state index in [4.69, 9.17) is 41.8 Å². The molecule has 2 aromatic heterocycles. The minimum atomic E-state index is -4.37. The molecule has 3 N–H and O–H groups in total. The number of aliphatic hydroxyl groups excluding tert-OH is 1. The largest absolute Gasteiger partial charge is 0.465 e. The Hall–Kier alpha value is -6.58. The van der Waals surface area contributed by atoms with Crippen LogP contribution in [0.4, 0.5) is 8.78 Å². The predicted molar refractivity (Wildman–Crippen MR) is 299 cm³/mol. The van der Waals surface area contributed by atoms with Crippen molar-refractivity contribution in [2.24, 2.45) is 0 Å². The van der Waals surface area contributed by atoms with Crippen LogP contribution in [0.1, 0.15) is 114 Å². The first kappa shape index (κ1) is 66.0. The van der Waals surface area contributed by atoms with E-state index in [0.29, 0.717) is 54.1 Å². The maximum Gasteiger partial charge on any atom is 0.459 e. The second-order valence-electron chi connectivity index (χ2n) is 20.7. The molecule has 0 spiro atoms. The van der Waals surface area contributed by atoms with Crippen molar-refractivity contribution in [2.75, 3.05) is 33.5 Å². The number of carbonyl (C=O) groups is 4. The van der Waals surface area contributed by atoms with Gasteiger partial charge in [-0.15, -0.1) is 0 Å². The van der Waals surface area contributed by atoms with Crippen LogP contribution < -0.4 is 41.7 Å². The molecule has 464 valence electrons. The van der Waals surface area contributed by atoms with E-state index in [1.807, 2.05) is 0 Å². The van der Waals surface area contributed by atoms with Gasteiger partial charge in [-0.05, 0) is 84.1 Å². The smallest absolute Gasteiger partial charge is 0.459 e. The first-order valence-electron chi connectivity index (χ1n) is 27.6. The minimum absolute atomic E-state index is 0.0691. The van der Waals surface area contributed by atoms with Crippen LogP contribution in [0.3, 0.4) is 0 Å². The molecule has 30 heteroatoms. The zero-order valence-corrected chi connectivity index (χ0v) is 49.2. The van der Waals surface area contributed by atoms with Gasteiger partial charge in [0.05, 0.1) is 26.4 Å². The normalized spacial score (nSPS) is 31.6. The zero-order valence-electron chi connectivity index (χ0n) is 47.4. The number of nitrogens with one attached hydrogen (secondary N) is 2. The van der Waals surface area contributed by atoms with Crippen molar-refractivity contribution in [2.45, 2.75) is 152 Å². The fourth-order valence-electron chi connectivity index (χ4n) is 9.59. The summed E-state index contributed by atoms with van der Waals surface area (Å²) in [5.74, 6) is -2.62. The number of esters is 2. The molecular formula is C55H70F2N6O20P2. The molecule has 2 fully saturated rings. The van der Waals surface area contributed by atoms with Gasteiger partial charge in [0.25, 0.3) is 11.1 Å². The van der Waals surface area contributed by atoms with E-state index in [1.165, 1.54) is 45.2 Å². The molecule has 0 radical (unpaired) electrons.